The summed E-state index contributed by atoms with van der Waals surface area (Å²) in [5.74, 6) is -0.161. The third kappa shape index (κ3) is 8.63. The molecule has 1 aliphatic heterocycles. The molecule has 3 aromatic rings. The number of hydrogen-bond donors (Lipinski definition) is 3. The molecule has 1 saturated heterocycles. The van der Waals surface area contributed by atoms with E-state index >= 15 is 0 Å². The highest BCUT2D eigenvalue weighted by Gasteiger charge is 2.26. The number of benzene rings is 3. The fourth-order valence-electron chi connectivity index (χ4n) is 4.67. The smallest absolute Gasteiger partial charge is 0.318 e. The number of nitrogens with one attached hydrogen (secondary N) is 2. The average Bonchev–Trinajstić information content (AvgIpc) is 2.96. The van der Waals surface area contributed by atoms with Crippen LogP contribution in [-0.2, 0) is 28.8 Å². The summed E-state index contributed by atoms with van der Waals surface area (Å²) in [6, 6.07) is 27.0. The Bertz CT molecular complexity index is 1130. The van der Waals surface area contributed by atoms with E-state index in [-0.39, 0.29) is 18.0 Å². The number of urea groups is 1. The molecule has 7 heteroatoms. The third-order valence-electron chi connectivity index (χ3n) is 6.93. The van der Waals surface area contributed by atoms with Gasteiger partial charge in [0, 0.05) is 31.2 Å². The zero-order valence-electron chi connectivity index (χ0n) is 21.9. The second kappa shape index (κ2) is 14.2. The van der Waals surface area contributed by atoms with Crippen LogP contribution in [0.15, 0.2) is 84.9 Å². The molecule has 1 aliphatic rings. The number of anilines is 1. The molecule has 7 nitrogen and oxygen atoms in total. The highest BCUT2D eigenvalue weighted by atomic mass is 16.5. The molecule has 3 aromatic carbocycles. The summed E-state index contributed by atoms with van der Waals surface area (Å²) in [7, 11) is 0. The quantitative estimate of drug-likeness (QED) is 0.337. The van der Waals surface area contributed by atoms with Crippen LogP contribution in [0.5, 0.6) is 0 Å². The lowest BCUT2D eigenvalue weighted by Gasteiger charge is -2.30. The Morgan fingerprint density at radius 2 is 1.32 bits per heavy atom. The van der Waals surface area contributed by atoms with Gasteiger partial charge in [-0.15, -0.1) is 0 Å². The standard InChI is InChI=1S/C31H38N4O3/c32-27-15-11-25(12-16-27)14-18-28(17-13-24-7-3-1-4-8-24)33-30(36)29(23-26-9-5-2-6-10-26)34-31(37)35-19-21-38-22-20-35/h1-12,15-16,28-29H,13-14,17-23,32H2,(H,33,36)(H,34,37)/t28-,29-/m0/s1. The molecule has 3 amide bonds. The Labute approximate surface area is 225 Å². The van der Waals surface area contributed by atoms with Crippen molar-refractivity contribution in [3.05, 3.63) is 102 Å². The van der Waals surface area contributed by atoms with Gasteiger partial charge in [0.1, 0.15) is 6.04 Å². The highest BCUT2D eigenvalue weighted by molar-refractivity contribution is 5.87. The van der Waals surface area contributed by atoms with E-state index in [0.29, 0.717) is 32.7 Å². The Morgan fingerprint density at radius 1 is 0.763 bits per heavy atom. The maximum Gasteiger partial charge on any atom is 0.318 e. The maximum absolute atomic E-state index is 13.7. The van der Waals surface area contributed by atoms with Crippen LogP contribution in [0.1, 0.15) is 29.5 Å². The molecule has 0 aliphatic carbocycles. The number of amides is 3. The average molecular weight is 515 g/mol. The lowest BCUT2D eigenvalue weighted by atomic mass is 9.98. The van der Waals surface area contributed by atoms with Gasteiger partial charge in [-0.1, -0.05) is 72.8 Å². The zero-order chi connectivity index (χ0) is 26.6. The Hall–Kier alpha value is -3.84. The molecule has 0 aromatic heterocycles. The second-order valence-corrected chi connectivity index (χ2v) is 9.80. The van der Waals surface area contributed by atoms with E-state index < -0.39 is 6.04 Å². The summed E-state index contributed by atoms with van der Waals surface area (Å²) >= 11 is 0. The first kappa shape index (κ1) is 27.2. The summed E-state index contributed by atoms with van der Waals surface area (Å²) in [4.78, 5) is 28.4. The van der Waals surface area contributed by atoms with Crippen LogP contribution >= 0.6 is 0 Å². The molecule has 0 radical (unpaired) electrons. The molecule has 4 N–H and O–H groups in total. The molecule has 38 heavy (non-hydrogen) atoms. The first-order chi connectivity index (χ1) is 18.6. The van der Waals surface area contributed by atoms with Crippen molar-refractivity contribution in [2.24, 2.45) is 0 Å². The first-order valence-electron chi connectivity index (χ1n) is 13.4. The van der Waals surface area contributed by atoms with Crippen LogP contribution in [0, 0.1) is 0 Å². The summed E-state index contributed by atoms with van der Waals surface area (Å²) in [6.07, 6.45) is 3.70. The number of rotatable bonds is 11. The minimum atomic E-state index is -0.677. The maximum atomic E-state index is 13.7. The van der Waals surface area contributed by atoms with Crippen molar-refractivity contribution in [2.45, 2.75) is 44.2 Å². The fourth-order valence-corrected chi connectivity index (χ4v) is 4.67. The van der Waals surface area contributed by atoms with E-state index in [1.165, 1.54) is 11.1 Å². The second-order valence-electron chi connectivity index (χ2n) is 9.80. The number of nitrogens with zero attached hydrogens (tertiary/aromatic N) is 1. The van der Waals surface area contributed by atoms with Crippen molar-refractivity contribution in [1.29, 1.82) is 0 Å². The third-order valence-corrected chi connectivity index (χ3v) is 6.93. The van der Waals surface area contributed by atoms with E-state index in [1.807, 2.05) is 72.8 Å². The molecule has 2 atom stereocenters. The van der Waals surface area contributed by atoms with Crippen molar-refractivity contribution in [2.75, 3.05) is 32.0 Å². The summed E-state index contributed by atoms with van der Waals surface area (Å²) in [5, 5.41) is 6.28. The molecular formula is C31H38N4O3. The van der Waals surface area contributed by atoms with Gasteiger partial charge in [0.2, 0.25) is 5.91 Å². The van der Waals surface area contributed by atoms with Gasteiger partial charge in [-0.3, -0.25) is 4.79 Å². The van der Waals surface area contributed by atoms with Gasteiger partial charge >= 0.3 is 6.03 Å². The minimum Gasteiger partial charge on any atom is -0.399 e. The number of nitrogens with two attached hydrogens (primary N) is 1. The molecule has 0 saturated carbocycles. The van der Waals surface area contributed by atoms with E-state index in [9.17, 15) is 9.59 Å². The van der Waals surface area contributed by atoms with Gasteiger partial charge < -0.3 is 26.0 Å². The number of nitrogen functional groups attached to an aromatic ring is 1. The SMILES string of the molecule is Nc1ccc(CC[C@H](CCc2ccccc2)NC(=O)[C@H](Cc2ccccc2)NC(=O)N2CCOCC2)cc1. The molecule has 0 unspecified atom stereocenters. The first-order valence-corrected chi connectivity index (χ1v) is 13.4. The van der Waals surface area contributed by atoms with Gasteiger partial charge in [-0.2, -0.15) is 0 Å². The Balaban J connectivity index is 1.45. The topological polar surface area (TPSA) is 96.7 Å². The van der Waals surface area contributed by atoms with Gasteiger partial charge in [-0.05, 0) is 54.5 Å². The number of carbonyl (C=O) groups is 2. The normalized spacial score (nSPS) is 14.9. The van der Waals surface area contributed by atoms with Crippen molar-refractivity contribution in [3.8, 4) is 0 Å². The van der Waals surface area contributed by atoms with Crippen LogP contribution in [0.25, 0.3) is 0 Å². The largest absolute Gasteiger partial charge is 0.399 e. The van der Waals surface area contributed by atoms with Crippen LogP contribution < -0.4 is 16.4 Å². The molecule has 1 heterocycles. The van der Waals surface area contributed by atoms with Gasteiger partial charge in [-0.25, -0.2) is 4.79 Å². The van der Waals surface area contributed by atoms with E-state index in [2.05, 4.69) is 22.8 Å². The molecule has 0 bridgehead atoms. The lowest BCUT2D eigenvalue weighted by Crippen LogP contribution is -2.55. The molecule has 0 spiro atoms. The Kier molecular flexibility index (Phi) is 10.2. The van der Waals surface area contributed by atoms with Crippen LogP contribution in [0.3, 0.4) is 0 Å². The number of morpholine rings is 1. The monoisotopic (exact) mass is 514 g/mol. The van der Waals surface area contributed by atoms with Crippen LogP contribution in [0.2, 0.25) is 0 Å². The summed E-state index contributed by atoms with van der Waals surface area (Å²) < 4.78 is 5.38. The summed E-state index contributed by atoms with van der Waals surface area (Å²) in [6.45, 7) is 2.06. The highest BCUT2D eigenvalue weighted by Crippen LogP contribution is 2.14. The van der Waals surface area contributed by atoms with Crippen molar-refractivity contribution in [3.63, 3.8) is 0 Å². The van der Waals surface area contributed by atoms with E-state index in [0.717, 1.165) is 36.9 Å². The van der Waals surface area contributed by atoms with Gasteiger partial charge in [0.15, 0.2) is 0 Å². The van der Waals surface area contributed by atoms with Crippen molar-refractivity contribution >= 4 is 17.6 Å². The Morgan fingerprint density at radius 3 is 1.92 bits per heavy atom. The van der Waals surface area contributed by atoms with Crippen molar-refractivity contribution < 1.29 is 14.3 Å². The number of hydrogen-bond acceptors (Lipinski definition) is 4. The van der Waals surface area contributed by atoms with E-state index in [4.69, 9.17) is 10.5 Å². The lowest BCUT2D eigenvalue weighted by molar-refractivity contribution is -0.123. The number of ether oxygens (including phenoxy) is 1. The van der Waals surface area contributed by atoms with Crippen molar-refractivity contribution in [1.82, 2.24) is 15.5 Å². The van der Waals surface area contributed by atoms with Gasteiger partial charge in [0.25, 0.3) is 0 Å². The predicted octanol–water partition coefficient (Wildman–Crippen LogP) is 3.97. The predicted molar refractivity (Wildman–Crippen MR) is 151 cm³/mol. The molecule has 1 fully saturated rings. The van der Waals surface area contributed by atoms with Crippen LogP contribution in [0.4, 0.5) is 10.5 Å². The minimum absolute atomic E-state index is 0.0428. The fraction of sp³-hybridized carbons (Fsp3) is 0.355. The number of aryl methyl sites for hydroxylation is 2. The zero-order valence-corrected chi connectivity index (χ0v) is 21.9. The molecule has 200 valence electrons. The van der Waals surface area contributed by atoms with Gasteiger partial charge in [0.05, 0.1) is 13.2 Å². The van der Waals surface area contributed by atoms with E-state index in [1.54, 1.807) is 4.90 Å². The van der Waals surface area contributed by atoms with Crippen LogP contribution in [-0.4, -0.2) is 55.2 Å². The number of carbonyl (C=O) groups excluding carboxylic acids is 2. The molecular weight excluding hydrogens is 476 g/mol. The molecule has 4 rings (SSSR count). The summed E-state index contributed by atoms with van der Waals surface area (Å²) in [5.41, 5.74) is 10.0.